The fourth-order valence-corrected chi connectivity index (χ4v) is 3.75. The molecule has 0 unspecified atom stereocenters. The first kappa shape index (κ1) is 19.9. The maximum absolute atomic E-state index is 11.7. The summed E-state index contributed by atoms with van der Waals surface area (Å²) in [5.74, 6) is 0.405. The number of aliphatic imine (C=N–C) groups is 1. The molecular formula is C18H13Cl3N2O3S. The molecule has 5 nitrogen and oxygen atoms in total. The van der Waals surface area contributed by atoms with E-state index in [4.69, 9.17) is 50.0 Å². The summed E-state index contributed by atoms with van der Waals surface area (Å²) in [5, 5.41) is 1.58. The predicted octanol–water partition coefficient (Wildman–Crippen LogP) is 5.16. The SMILES string of the molecule is COc1cc(C=C2SC(N)=NC2=O)cc(Cl)c1OCc1ccc(Cl)cc1Cl. The van der Waals surface area contributed by atoms with Gasteiger partial charge in [0.1, 0.15) is 6.61 Å². The Balaban J connectivity index is 1.84. The van der Waals surface area contributed by atoms with Crippen molar-refractivity contribution in [3.63, 3.8) is 0 Å². The van der Waals surface area contributed by atoms with Crippen molar-refractivity contribution >= 4 is 63.7 Å². The summed E-state index contributed by atoms with van der Waals surface area (Å²) >= 11 is 19.5. The number of nitrogens with two attached hydrogens (primary N) is 1. The van der Waals surface area contributed by atoms with E-state index in [-0.39, 0.29) is 17.7 Å². The standard InChI is InChI=1S/C18H13Cl3N2O3S/c1-25-14-5-9(6-15-17(24)23-18(22)27-15)4-13(21)16(14)26-8-10-2-3-11(19)7-12(10)20/h2-7H,8H2,1H3,(H2,22,23,24). The van der Waals surface area contributed by atoms with Gasteiger partial charge >= 0.3 is 0 Å². The number of benzene rings is 2. The van der Waals surface area contributed by atoms with Gasteiger partial charge in [-0.15, -0.1) is 0 Å². The van der Waals surface area contributed by atoms with Crippen LogP contribution in [0.1, 0.15) is 11.1 Å². The molecule has 0 atom stereocenters. The Bertz CT molecular complexity index is 977. The fraction of sp³-hybridized carbons (Fsp3) is 0.111. The Hall–Kier alpha value is -1.86. The van der Waals surface area contributed by atoms with Gasteiger partial charge < -0.3 is 15.2 Å². The van der Waals surface area contributed by atoms with Gasteiger partial charge in [0.2, 0.25) is 0 Å². The molecule has 0 saturated heterocycles. The Kier molecular flexibility index (Phi) is 6.22. The zero-order valence-corrected chi connectivity index (χ0v) is 17.0. The van der Waals surface area contributed by atoms with Crippen LogP contribution in [-0.4, -0.2) is 18.2 Å². The van der Waals surface area contributed by atoms with Gasteiger partial charge in [0.15, 0.2) is 16.7 Å². The van der Waals surface area contributed by atoms with Gasteiger partial charge in [-0.2, -0.15) is 4.99 Å². The van der Waals surface area contributed by atoms with Gasteiger partial charge in [-0.05, 0) is 47.7 Å². The Morgan fingerprint density at radius 1 is 1.19 bits per heavy atom. The second-order valence-electron chi connectivity index (χ2n) is 5.42. The minimum atomic E-state index is -0.384. The minimum Gasteiger partial charge on any atom is -0.493 e. The number of hydrogen-bond acceptors (Lipinski definition) is 5. The van der Waals surface area contributed by atoms with E-state index in [1.807, 2.05) is 0 Å². The largest absolute Gasteiger partial charge is 0.493 e. The van der Waals surface area contributed by atoms with Crippen molar-refractivity contribution in [3.05, 3.63) is 61.4 Å². The lowest BCUT2D eigenvalue weighted by molar-refractivity contribution is -0.113. The second-order valence-corrected chi connectivity index (χ2v) is 7.74. The van der Waals surface area contributed by atoms with E-state index in [0.717, 1.165) is 17.3 Å². The predicted molar refractivity (Wildman–Crippen MR) is 111 cm³/mol. The highest BCUT2D eigenvalue weighted by atomic mass is 35.5. The molecule has 2 aromatic carbocycles. The van der Waals surface area contributed by atoms with Crippen LogP contribution < -0.4 is 15.2 Å². The van der Waals surface area contributed by atoms with Gasteiger partial charge in [-0.1, -0.05) is 40.9 Å². The van der Waals surface area contributed by atoms with Crippen molar-refractivity contribution in [2.75, 3.05) is 7.11 Å². The first-order chi connectivity index (χ1) is 12.9. The van der Waals surface area contributed by atoms with Crippen LogP contribution in [0.4, 0.5) is 0 Å². The topological polar surface area (TPSA) is 73.9 Å². The lowest BCUT2D eigenvalue weighted by Gasteiger charge is -2.14. The van der Waals surface area contributed by atoms with E-state index in [1.165, 1.54) is 7.11 Å². The van der Waals surface area contributed by atoms with E-state index in [9.17, 15) is 4.79 Å². The van der Waals surface area contributed by atoms with E-state index in [2.05, 4.69) is 4.99 Å². The average Bonchev–Trinajstić information content (AvgIpc) is 2.92. The van der Waals surface area contributed by atoms with Crippen LogP contribution in [0.25, 0.3) is 6.08 Å². The smallest absolute Gasteiger partial charge is 0.286 e. The Morgan fingerprint density at radius 3 is 2.59 bits per heavy atom. The van der Waals surface area contributed by atoms with E-state index >= 15 is 0 Å². The molecule has 0 spiro atoms. The Labute approximate surface area is 175 Å². The maximum atomic E-state index is 11.7. The molecule has 140 valence electrons. The van der Waals surface area contributed by atoms with E-state index in [1.54, 1.807) is 36.4 Å². The lowest BCUT2D eigenvalue weighted by Crippen LogP contribution is -2.01. The van der Waals surface area contributed by atoms with Crippen LogP contribution in [0, 0.1) is 0 Å². The number of halogens is 3. The van der Waals surface area contributed by atoms with Crippen LogP contribution >= 0.6 is 46.6 Å². The molecule has 1 amide bonds. The maximum Gasteiger partial charge on any atom is 0.286 e. The van der Waals surface area contributed by atoms with Gasteiger partial charge in [-0.3, -0.25) is 4.79 Å². The summed E-state index contributed by atoms with van der Waals surface area (Å²) in [6, 6.07) is 8.51. The van der Waals surface area contributed by atoms with Crippen molar-refractivity contribution < 1.29 is 14.3 Å². The molecule has 1 aliphatic heterocycles. The number of ether oxygens (including phenoxy) is 2. The van der Waals surface area contributed by atoms with Crippen molar-refractivity contribution in [1.29, 1.82) is 0 Å². The van der Waals surface area contributed by atoms with E-state index < -0.39 is 0 Å². The molecule has 0 radical (unpaired) electrons. The van der Waals surface area contributed by atoms with Crippen LogP contribution in [0.15, 0.2) is 40.2 Å². The number of rotatable bonds is 5. The quantitative estimate of drug-likeness (QED) is 0.646. The normalized spacial score (nSPS) is 15.2. The summed E-state index contributed by atoms with van der Waals surface area (Å²) in [6.45, 7) is 0.186. The summed E-state index contributed by atoms with van der Waals surface area (Å²) in [5.41, 5.74) is 6.97. The third kappa shape index (κ3) is 4.71. The Morgan fingerprint density at radius 2 is 1.96 bits per heavy atom. The molecule has 0 bridgehead atoms. The minimum absolute atomic E-state index is 0.186. The molecule has 0 fully saturated rings. The van der Waals surface area contributed by atoms with Crippen LogP contribution in [0.3, 0.4) is 0 Å². The van der Waals surface area contributed by atoms with Crippen LogP contribution in [0.2, 0.25) is 15.1 Å². The molecule has 1 aliphatic rings. The summed E-state index contributed by atoms with van der Waals surface area (Å²) in [7, 11) is 1.50. The van der Waals surface area contributed by atoms with Crippen molar-refractivity contribution in [2.24, 2.45) is 10.7 Å². The number of thioether (sulfide) groups is 1. The molecule has 0 aromatic heterocycles. The third-order valence-corrected chi connectivity index (χ3v) is 5.25. The highest BCUT2D eigenvalue weighted by molar-refractivity contribution is 8.18. The first-order valence-corrected chi connectivity index (χ1v) is 9.54. The van der Waals surface area contributed by atoms with Crippen molar-refractivity contribution in [2.45, 2.75) is 6.61 Å². The van der Waals surface area contributed by atoms with Gasteiger partial charge in [0.05, 0.1) is 17.0 Å². The highest BCUT2D eigenvalue weighted by Gasteiger charge is 2.20. The van der Waals surface area contributed by atoms with Gasteiger partial charge in [0.25, 0.3) is 5.91 Å². The molecular weight excluding hydrogens is 431 g/mol. The molecule has 9 heteroatoms. The number of carbonyl (C=O) groups excluding carboxylic acids is 1. The van der Waals surface area contributed by atoms with Gasteiger partial charge in [-0.25, -0.2) is 0 Å². The van der Waals surface area contributed by atoms with Crippen LogP contribution in [-0.2, 0) is 11.4 Å². The molecule has 1 heterocycles. The zero-order valence-electron chi connectivity index (χ0n) is 14.0. The lowest BCUT2D eigenvalue weighted by atomic mass is 10.1. The molecule has 2 aromatic rings. The summed E-state index contributed by atoms with van der Waals surface area (Å²) in [6.07, 6.45) is 1.64. The monoisotopic (exact) mass is 442 g/mol. The second kappa shape index (κ2) is 8.44. The zero-order chi connectivity index (χ0) is 19.6. The number of nitrogens with zero attached hydrogens (tertiary/aromatic N) is 1. The summed E-state index contributed by atoms with van der Waals surface area (Å²) in [4.78, 5) is 15.8. The number of hydrogen-bond donors (Lipinski definition) is 1. The van der Waals surface area contributed by atoms with E-state index in [0.29, 0.717) is 37.0 Å². The van der Waals surface area contributed by atoms with Crippen LogP contribution in [0.5, 0.6) is 11.5 Å². The fourth-order valence-electron chi connectivity index (χ4n) is 2.33. The molecule has 3 rings (SSSR count). The summed E-state index contributed by atoms with van der Waals surface area (Å²) < 4.78 is 11.2. The average molecular weight is 444 g/mol. The van der Waals surface area contributed by atoms with Gasteiger partial charge in [0, 0.05) is 15.6 Å². The highest BCUT2D eigenvalue weighted by Crippen LogP contribution is 2.39. The third-order valence-electron chi connectivity index (χ3n) is 3.57. The number of carbonyl (C=O) groups is 1. The van der Waals surface area contributed by atoms with Crippen molar-refractivity contribution in [1.82, 2.24) is 0 Å². The number of amidine groups is 1. The van der Waals surface area contributed by atoms with Crippen molar-refractivity contribution in [3.8, 4) is 11.5 Å². The first-order valence-electron chi connectivity index (χ1n) is 7.59. The molecule has 2 N–H and O–H groups in total. The number of amides is 1. The molecule has 27 heavy (non-hydrogen) atoms. The molecule has 0 saturated carbocycles. The number of methoxy groups -OCH3 is 1. The molecule has 0 aliphatic carbocycles.